The molecule has 3 N–H and O–H groups in total. The van der Waals surface area contributed by atoms with Gasteiger partial charge < -0.3 is 20.3 Å². The smallest absolute Gasteiger partial charge is 0.307 e. The van der Waals surface area contributed by atoms with E-state index in [-0.39, 0.29) is 44.6 Å². The summed E-state index contributed by atoms with van der Waals surface area (Å²) in [6, 6.07) is 10.3. The van der Waals surface area contributed by atoms with Crippen molar-refractivity contribution in [3.63, 3.8) is 0 Å². The number of aromatic nitrogens is 3. The zero-order chi connectivity index (χ0) is 38.6. The van der Waals surface area contributed by atoms with Crippen LogP contribution < -0.4 is 5.73 Å². The fraction of sp³-hybridized carbons (Fsp3) is 0.756. The Hall–Kier alpha value is -2.55. The zero-order valence-electron chi connectivity index (χ0n) is 34.5. The van der Waals surface area contributed by atoms with Crippen LogP contribution in [0.5, 0.6) is 0 Å². The quantitative estimate of drug-likeness (QED) is 0.261. The van der Waals surface area contributed by atoms with Crippen molar-refractivity contribution in [3.05, 3.63) is 48.3 Å². The number of nitrogens with two attached hydrogens (primary N) is 1. The molecule has 1 saturated heterocycles. The molecule has 8 nitrogen and oxygen atoms in total. The molecule has 2 heterocycles. The fourth-order valence-corrected chi connectivity index (χ4v) is 12.9. The van der Waals surface area contributed by atoms with E-state index in [2.05, 4.69) is 111 Å². The summed E-state index contributed by atoms with van der Waals surface area (Å²) in [6.45, 7) is 26.7. The number of carboxylic acid groups (broad SMARTS) is 1. The normalized spacial score (nSPS) is 41.4. The van der Waals surface area contributed by atoms with Crippen LogP contribution in [-0.2, 0) is 14.3 Å². The molecular weight excluding hydrogens is 661 g/mol. The van der Waals surface area contributed by atoms with E-state index in [1.165, 1.54) is 5.57 Å². The summed E-state index contributed by atoms with van der Waals surface area (Å²) < 4.78 is 16.2. The topological polar surface area (TPSA) is 112 Å². The van der Waals surface area contributed by atoms with Gasteiger partial charge in [-0.2, -0.15) is 5.10 Å². The third-order valence-corrected chi connectivity index (χ3v) is 17.3. The second-order valence-electron chi connectivity index (χ2n) is 20.9. The molecule has 1 aromatic carbocycles. The van der Waals surface area contributed by atoms with E-state index in [0.29, 0.717) is 43.5 Å². The number of carbonyl (C=O) groups is 1. The number of hydrogen-bond donors (Lipinski definition) is 2. The van der Waals surface area contributed by atoms with E-state index in [1.807, 2.05) is 6.07 Å². The van der Waals surface area contributed by atoms with Crippen LogP contribution in [-0.4, -0.2) is 57.3 Å². The monoisotopic (exact) mass is 729 g/mol. The van der Waals surface area contributed by atoms with Crippen LogP contribution in [0, 0.1) is 62.1 Å². The Morgan fingerprint density at radius 1 is 1.04 bits per heavy atom. The van der Waals surface area contributed by atoms with Gasteiger partial charge in [-0.3, -0.25) is 4.79 Å². The Labute approximate surface area is 319 Å². The van der Waals surface area contributed by atoms with Crippen molar-refractivity contribution >= 4 is 5.97 Å². The molecule has 53 heavy (non-hydrogen) atoms. The number of aliphatic carboxylic acids is 1. The number of rotatable bonds is 8. The predicted octanol–water partition coefficient (Wildman–Crippen LogP) is 9.22. The third-order valence-electron chi connectivity index (χ3n) is 17.3. The summed E-state index contributed by atoms with van der Waals surface area (Å²) in [7, 11) is 0. The number of hydrogen-bond acceptors (Lipinski definition) is 6. The molecule has 12 atom stereocenters. The number of ether oxygens (including phenoxy) is 2. The highest BCUT2D eigenvalue weighted by Gasteiger charge is 2.72. The minimum Gasteiger partial charge on any atom is -0.481 e. The van der Waals surface area contributed by atoms with Gasteiger partial charge in [-0.15, -0.1) is 0 Å². The molecule has 292 valence electrons. The molecule has 1 aliphatic heterocycles. The number of benzene rings is 1. The van der Waals surface area contributed by atoms with Crippen LogP contribution in [0.1, 0.15) is 121 Å². The van der Waals surface area contributed by atoms with Crippen LogP contribution in [0.15, 0.2) is 48.3 Å². The summed E-state index contributed by atoms with van der Waals surface area (Å²) >= 11 is 0. The lowest BCUT2D eigenvalue weighted by Gasteiger charge is -2.71. The maximum Gasteiger partial charge on any atom is 0.307 e. The van der Waals surface area contributed by atoms with Gasteiger partial charge in [-0.25, -0.2) is 9.67 Å². The van der Waals surface area contributed by atoms with Crippen LogP contribution in [0.4, 0.5) is 0 Å². The largest absolute Gasteiger partial charge is 0.481 e. The second kappa shape index (κ2) is 12.7. The lowest BCUT2D eigenvalue weighted by Crippen LogP contribution is -2.69. The van der Waals surface area contributed by atoms with Crippen molar-refractivity contribution in [1.82, 2.24) is 14.8 Å². The van der Waals surface area contributed by atoms with Crippen molar-refractivity contribution in [1.29, 1.82) is 0 Å². The van der Waals surface area contributed by atoms with Gasteiger partial charge in [-0.1, -0.05) is 111 Å². The maximum atomic E-state index is 13.6. The molecule has 5 aliphatic rings. The fourth-order valence-electron chi connectivity index (χ4n) is 12.9. The zero-order valence-corrected chi connectivity index (χ0v) is 34.5. The average Bonchev–Trinajstić information content (AvgIpc) is 3.57. The van der Waals surface area contributed by atoms with Gasteiger partial charge in [0.25, 0.3) is 0 Å². The maximum absolute atomic E-state index is 13.6. The van der Waals surface area contributed by atoms with Gasteiger partial charge in [0.1, 0.15) is 6.33 Å². The lowest BCUT2D eigenvalue weighted by atomic mass is 9.34. The highest BCUT2D eigenvalue weighted by atomic mass is 16.5. The van der Waals surface area contributed by atoms with Crippen LogP contribution in [0.2, 0.25) is 0 Å². The Bertz CT molecular complexity index is 1730. The summed E-state index contributed by atoms with van der Waals surface area (Å²) in [4.78, 5) is 18.4. The van der Waals surface area contributed by atoms with Crippen molar-refractivity contribution in [2.45, 2.75) is 132 Å². The Balaban J connectivity index is 1.35. The molecule has 0 amide bonds. The summed E-state index contributed by atoms with van der Waals surface area (Å²) in [5.74, 6) is 1.19. The second-order valence-corrected chi connectivity index (χ2v) is 20.9. The molecule has 4 aliphatic carbocycles. The Kier molecular flexibility index (Phi) is 9.31. The Morgan fingerprint density at radius 2 is 1.74 bits per heavy atom. The minimum atomic E-state index is -0.620. The molecule has 0 unspecified atom stereocenters. The summed E-state index contributed by atoms with van der Waals surface area (Å²) in [5.41, 5.74) is 7.57. The summed E-state index contributed by atoms with van der Waals surface area (Å²) in [6.07, 6.45) is 9.75. The first-order valence-corrected chi connectivity index (χ1v) is 20.5. The number of fused-ring (bicyclic) bond motifs is 3. The van der Waals surface area contributed by atoms with E-state index >= 15 is 0 Å². The van der Waals surface area contributed by atoms with Crippen LogP contribution in [0.3, 0.4) is 0 Å². The lowest BCUT2D eigenvalue weighted by molar-refractivity contribution is -0.253. The molecule has 7 rings (SSSR count). The van der Waals surface area contributed by atoms with Crippen molar-refractivity contribution in [2.24, 2.45) is 67.8 Å². The molecule has 2 aromatic rings. The van der Waals surface area contributed by atoms with E-state index in [9.17, 15) is 9.90 Å². The Morgan fingerprint density at radius 3 is 2.38 bits per heavy atom. The van der Waals surface area contributed by atoms with Crippen molar-refractivity contribution in [2.75, 3.05) is 19.8 Å². The van der Waals surface area contributed by atoms with E-state index < -0.39 is 17.4 Å². The van der Waals surface area contributed by atoms with Crippen molar-refractivity contribution < 1.29 is 19.4 Å². The predicted molar refractivity (Wildman–Crippen MR) is 210 cm³/mol. The molecule has 2 bridgehead atoms. The molecule has 1 aromatic heterocycles. The van der Waals surface area contributed by atoms with Gasteiger partial charge in [0, 0.05) is 21.9 Å². The highest BCUT2D eigenvalue weighted by Crippen LogP contribution is 2.75. The number of allylic oxidation sites excluding steroid dienone is 1. The molecular formula is C45H68N4O4. The van der Waals surface area contributed by atoms with Gasteiger partial charge in [0.05, 0.1) is 37.9 Å². The van der Waals surface area contributed by atoms with Gasteiger partial charge in [0.2, 0.25) is 0 Å². The molecule has 0 spiro atoms. The molecule has 3 saturated carbocycles. The first kappa shape index (κ1) is 38.7. The van der Waals surface area contributed by atoms with Gasteiger partial charge in [0.15, 0.2) is 5.82 Å². The van der Waals surface area contributed by atoms with Gasteiger partial charge >= 0.3 is 5.97 Å². The first-order chi connectivity index (χ1) is 24.7. The minimum absolute atomic E-state index is 0.0947. The molecule has 4 fully saturated rings. The number of nitrogens with zero attached hydrogens (tertiary/aromatic N) is 3. The van der Waals surface area contributed by atoms with Gasteiger partial charge in [-0.05, 0) is 90.8 Å². The molecule has 8 heteroatoms. The van der Waals surface area contributed by atoms with E-state index in [0.717, 1.165) is 49.9 Å². The highest BCUT2D eigenvalue weighted by molar-refractivity contribution is 5.73. The standard InChI is InChI=1S/C45H68N4O4/c1-28(2)29(3)40(7)21-22-42(9)31-17-18-34-41(8)24-52-26-45(34,32(31)19-20-43(42,10)35(40)38(50)51)23-33(36(41)53-25-44(11,46)39(4,5)6)49-37(47-27-48-49)30-15-13-12-14-16-30/h12-16,19,27-29,31,33-36H,17-18,20-26,46H2,1-11H3,(H,50,51)/t29-,31+,33-,34+,35-,36+,40-,41-,42-,43+,44+,45+/m1/s1. The van der Waals surface area contributed by atoms with E-state index in [1.54, 1.807) is 6.33 Å². The van der Waals surface area contributed by atoms with Crippen LogP contribution >= 0.6 is 0 Å². The first-order valence-electron chi connectivity index (χ1n) is 20.5. The SMILES string of the molecule is CC(C)[C@@H](C)[C@@]1(C)CC[C@]2(C)[C@H]3CC[C@@H]4[C@@]5(COC[C@@]4(C)[C@@H](OC[C@](C)(N)C(C)(C)C)[C@H](n4ncnc4-c4ccccc4)C5)C3=CC[C@@]2(C)[C@@H]1C(=O)O. The van der Waals surface area contributed by atoms with E-state index in [4.69, 9.17) is 25.3 Å². The number of carboxylic acids is 1. The third kappa shape index (κ3) is 5.49. The molecule has 0 radical (unpaired) electrons. The average molecular weight is 729 g/mol. The summed E-state index contributed by atoms with van der Waals surface area (Å²) in [5, 5.41) is 16.1. The van der Waals surface area contributed by atoms with Crippen molar-refractivity contribution in [3.8, 4) is 11.4 Å². The van der Waals surface area contributed by atoms with Crippen LogP contribution in [0.25, 0.3) is 11.4 Å².